The maximum Gasteiger partial charge on any atom is 0.430 e. The zero-order chi connectivity index (χ0) is 15.3. The van der Waals surface area contributed by atoms with Crippen molar-refractivity contribution in [1.82, 2.24) is 4.98 Å². The molecule has 2 rings (SSSR count). The Hall–Kier alpha value is -1.90. The number of aromatic nitrogens is 1. The van der Waals surface area contributed by atoms with E-state index in [4.69, 9.17) is 0 Å². The summed E-state index contributed by atoms with van der Waals surface area (Å²) in [5.74, 6) is -0.520. The lowest BCUT2D eigenvalue weighted by atomic mass is 9.91. The minimum atomic E-state index is -5.95. The summed E-state index contributed by atoms with van der Waals surface area (Å²) in [7, 11) is 0. The maximum absolute atomic E-state index is 12.7. The molecule has 0 saturated carbocycles. The van der Waals surface area contributed by atoms with E-state index in [-0.39, 0.29) is 10.9 Å². The van der Waals surface area contributed by atoms with Gasteiger partial charge >= 0.3 is 12.4 Å². The van der Waals surface area contributed by atoms with Crippen LogP contribution in [0.5, 0.6) is 5.75 Å². The van der Waals surface area contributed by atoms with Gasteiger partial charge in [-0.1, -0.05) is 6.07 Å². The van der Waals surface area contributed by atoms with Crippen molar-refractivity contribution in [3.8, 4) is 5.75 Å². The molecule has 0 unspecified atom stereocenters. The molecule has 20 heavy (non-hydrogen) atoms. The first-order valence-corrected chi connectivity index (χ1v) is 5.15. The maximum atomic E-state index is 12.7. The van der Waals surface area contributed by atoms with Crippen LogP contribution in [0.25, 0.3) is 10.9 Å². The van der Waals surface area contributed by atoms with Crippen molar-refractivity contribution in [3.05, 3.63) is 30.0 Å². The van der Waals surface area contributed by atoms with E-state index in [1.54, 1.807) is 0 Å². The number of aromatic amines is 1. The first kappa shape index (κ1) is 14.5. The van der Waals surface area contributed by atoms with E-state index in [9.17, 15) is 36.6 Å². The van der Waals surface area contributed by atoms with E-state index >= 15 is 0 Å². The third kappa shape index (κ3) is 1.89. The van der Waals surface area contributed by atoms with Crippen LogP contribution in [0, 0.1) is 0 Å². The Morgan fingerprint density at radius 3 is 2.00 bits per heavy atom. The van der Waals surface area contributed by atoms with Crippen LogP contribution >= 0.6 is 0 Å². The van der Waals surface area contributed by atoms with Crippen LogP contribution in [0.4, 0.5) is 26.3 Å². The second-order valence-electron chi connectivity index (χ2n) is 4.14. The number of fused-ring (bicyclic) bond motifs is 1. The van der Waals surface area contributed by atoms with E-state index in [1.165, 1.54) is 0 Å². The monoisotopic (exact) mass is 299 g/mol. The summed E-state index contributed by atoms with van der Waals surface area (Å²) < 4.78 is 76.0. The molecule has 0 atom stereocenters. The molecule has 0 aliphatic carbocycles. The fourth-order valence-corrected chi connectivity index (χ4v) is 1.82. The number of nitrogens with one attached hydrogen (secondary N) is 1. The smallest absolute Gasteiger partial charge is 0.430 e. The number of rotatable bonds is 1. The Balaban J connectivity index is 2.72. The molecule has 2 aromatic rings. The largest absolute Gasteiger partial charge is 0.506 e. The molecule has 9 heteroatoms. The highest BCUT2D eigenvalue weighted by atomic mass is 19.4. The molecular formula is C11H7F6NO2. The van der Waals surface area contributed by atoms with E-state index < -0.39 is 29.3 Å². The second kappa shape index (κ2) is 4.05. The minimum Gasteiger partial charge on any atom is -0.506 e. The van der Waals surface area contributed by atoms with Gasteiger partial charge in [0.05, 0.1) is 0 Å². The molecule has 0 bridgehead atoms. The zero-order valence-corrected chi connectivity index (χ0v) is 9.47. The molecule has 3 nitrogen and oxygen atoms in total. The first-order valence-electron chi connectivity index (χ1n) is 5.15. The zero-order valence-electron chi connectivity index (χ0n) is 9.47. The Morgan fingerprint density at radius 1 is 0.950 bits per heavy atom. The van der Waals surface area contributed by atoms with Gasteiger partial charge in [-0.15, -0.1) is 0 Å². The standard InChI is InChI=1S/C11H7F6NO2/c12-10(13,14)9(20,11(15,16)17)5-1-2-7-6(3-5)8(19)4-18-7/h1-4,18-20H. The summed E-state index contributed by atoms with van der Waals surface area (Å²) in [6.07, 6.45) is -10.9. The van der Waals surface area contributed by atoms with Gasteiger partial charge in [0.25, 0.3) is 5.60 Å². The van der Waals surface area contributed by atoms with Crippen LogP contribution < -0.4 is 0 Å². The van der Waals surface area contributed by atoms with Crippen LogP contribution in [0.2, 0.25) is 0 Å². The molecule has 0 spiro atoms. The van der Waals surface area contributed by atoms with Gasteiger partial charge in [-0.25, -0.2) is 0 Å². The fourth-order valence-electron chi connectivity index (χ4n) is 1.82. The van der Waals surface area contributed by atoms with Crippen molar-refractivity contribution < 1.29 is 36.6 Å². The van der Waals surface area contributed by atoms with Crippen molar-refractivity contribution in [2.45, 2.75) is 18.0 Å². The predicted octanol–water partition coefficient (Wildman–Crippen LogP) is 3.19. The van der Waals surface area contributed by atoms with Gasteiger partial charge in [0.1, 0.15) is 5.75 Å². The van der Waals surface area contributed by atoms with Crippen LogP contribution in [0.1, 0.15) is 5.56 Å². The lowest BCUT2D eigenvalue weighted by Crippen LogP contribution is -2.53. The Labute approximate surface area is 107 Å². The van der Waals surface area contributed by atoms with E-state index in [2.05, 4.69) is 4.98 Å². The van der Waals surface area contributed by atoms with E-state index in [0.29, 0.717) is 12.1 Å². The molecule has 3 N–H and O–H groups in total. The molecule has 1 heterocycles. The summed E-state index contributed by atoms with van der Waals surface area (Å²) in [5, 5.41) is 18.3. The summed E-state index contributed by atoms with van der Waals surface area (Å²) in [6, 6.07) is 1.86. The van der Waals surface area contributed by atoms with Gasteiger partial charge in [-0.2, -0.15) is 26.3 Å². The molecule has 0 radical (unpaired) electrons. The molecule has 0 aliphatic heterocycles. The minimum absolute atomic E-state index is 0.137. The molecule has 0 saturated heterocycles. The van der Waals surface area contributed by atoms with Crippen molar-refractivity contribution in [3.63, 3.8) is 0 Å². The summed E-state index contributed by atoms with van der Waals surface area (Å²) in [4.78, 5) is 2.45. The Kier molecular flexibility index (Phi) is 2.93. The van der Waals surface area contributed by atoms with Crippen LogP contribution in [0.3, 0.4) is 0 Å². The van der Waals surface area contributed by atoms with Gasteiger partial charge in [-0.3, -0.25) is 0 Å². The van der Waals surface area contributed by atoms with E-state index in [1.807, 2.05) is 0 Å². The van der Waals surface area contributed by atoms with Crippen LogP contribution in [-0.4, -0.2) is 27.5 Å². The number of halogens is 6. The quantitative estimate of drug-likeness (QED) is 0.708. The highest BCUT2D eigenvalue weighted by molar-refractivity contribution is 5.86. The lowest BCUT2D eigenvalue weighted by molar-refractivity contribution is -0.376. The topological polar surface area (TPSA) is 56.2 Å². The van der Waals surface area contributed by atoms with Gasteiger partial charge in [-0.05, 0) is 12.1 Å². The van der Waals surface area contributed by atoms with Crippen LogP contribution in [-0.2, 0) is 5.60 Å². The Bertz CT molecular complexity index is 628. The number of aromatic hydroxyl groups is 1. The van der Waals surface area contributed by atoms with Crippen LogP contribution in [0.15, 0.2) is 24.4 Å². The third-order valence-electron chi connectivity index (χ3n) is 2.90. The highest BCUT2D eigenvalue weighted by Gasteiger charge is 2.71. The van der Waals surface area contributed by atoms with E-state index in [0.717, 1.165) is 12.3 Å². The molecule has 110 valence electrons. The van der Waals surface area contributed by atoms with Gasteiger partial charge in [0.15, 0.2) is 0 Å². The summed E-state index contributed by atoms with van der Waals surface area (Å²) in [6.45, 7) is 0. The number of H-pyrrole nitrogens is 1. The van der Waals surface area contributed by atoms with Gasteiger partial charge in [0.2, 0.25) is 0 Å². The third-order valence-corrected chi connectivity index (χ3v) is 2.90. The normalized spacial score (nSPS) is 13.9. The molecular weight excluding hydrogens is 292 g/mol. The molecule has 0 amide bonds. The molecule has 0 fully saturated rings. The Morgan fingerprint density at radius 2 is 1.50 bits per heavy atom. The summed E-state index contributed by atoms with van der Waals surface area (Å²) >= 11 is 0. The average molecular weight is 299 g/mol. The van der Waals surface area contributed by atoms with Gasteiger partial charge < -0.3 is 15.2 Å². The predicted molar refractivity (Wildman–Crippen MR) is 56.0 cm³/mol. The van der Waals surface area contributed by atoms with Crippen molar-refractivity contribution >= 4 is 10.9 Å². The van der Waals surface area contributed by atoms with Crippen molar-refractivity contribution in [2.75, 3.05) is 0 Å². The number of hydrogen-bond donors (Lipinski definition) is 3. The highest BCUT2D eigenvalue weighted by Crippen LogP contribution is 2.50. The number of alkyl halides is 6. The lowest BCUT2D eigenvalue weighted by Gasteiger charge is -2.32. The SMILES string of the molecule is Oc1c[nH]c2ccc(C(O)(C(F)(F)F)C(F)(F)F)cc12. The van der Waals surface area contributed by atoms with Crippen molar-refractivity contribution in [2.24, 2.45) is 0 Å². The second-order valence-corrected chi connectivity index (χ2v) is 4.14. The van der Waals surface area contributed by atoms with Gasteiger partial charge in [0, 0.05) is 22.7 Å². The molecule has 0 aliphatic rings. The average Bonchev–Trinajstić information content (AvgIpc) is 2.67. The van der Waals surface area contributed by atoms with Crippen molar-refractivity contribution in [1.29, 1.82) is 0 Å². The number of benzene rings is 1. The number of hydrogen-bond acceptors (Lipinski definition) is 2. The first-order chi connectivity index (χ1) is 8.98. The number of aliphatic hydroxyl groups is 1. The fraction of sp³-hybridized carbons (Fsp3) is 0.273. The molecule has 1 aromatic heterocycles. The summed E-state index contributed by atoms with van der Waals surface area (Å²) in [5.41, 5.74) is -6.28. The molecule has 1 aromatic carbocycles.